The summed E-state index contributed by atoms with van der Waals surface area (Å²) in [5.41, 5.74) is 0. The van der Waals surface area contributed by atoms with Gasteiger partial charge in [0.25, 0.3) is 0 Å². The van der Waals surface area contributed by atoms with Gasteiger partial charge in [0.15, 0.2) is 0 Å². The van der Waals surface area contributed by atoms with Crippen LogP contribution < -0.4 is 0 Å². The van der Waals surface area contributed by atoms with Crippen molar-refractivity contribution < 1.29 is 9.90 Å². The fraction of sp³-hybridized carbons (Fsp3) is 0.824. The van der Waals surface area contributed by atoms with Crippen LogP contribution in [0.15, 0.2) is 5.16 Å². The van der Waals surface area contributed by atoms with Crippen molar-refractivity contribution in [2.45, 2.75) is 37.8 Å². The number of H-pyrrole nitrogens is 1. The van der Waals surface area contributed by atoms with Gasteiger partial charge >= 0.3 is 0 Å². The van der Waals surface area contributed by atoms with Gasteiger partial charge in [-0.3, -0.25) is 9.89 Å². The van der Waals surface area contributed by atoms with Gasteiger partial charge in [0.1, 0.15) is 5.82 Å². The fourth-order valence-electron chi connectivity index (χ4n) is 3.81. The van der Waals surface area contributed by atoms with Gasteiger partial charge in [-0.1, -0.05) is 24.6 Å². The lowest BCUT2D eigenvalue weighted by atomic mass is 9.96. The van der Waals surface area contributed by atoms with Gasteiger partial charge in [-0.15, -0.1) is 5.10 Å². The fourth-order valence-corrected chi connectivity index (χ4v) is 4.56. The van der Waals surface area contributed by atoms with E-state index in [0.717, 1.165) is 32.0 Å². The van der Waals surface area contributed by atoms with Crippen LogP contribution in [0.2, 0.25) is 0 Å². The second kappa shape index (κ2) is 9.00. The Balaban J connectivity index is 1.50. The number of hydrogen-bond donors (Lipinski definition) is 2. The van der Waals surface area contributed by atoms with Crippen molar-refractivity contribution >= 4 is 17.7 Å². The maximum atomic E-state index is 12.5. The van der Waals surface area contributed by atoms with Crippen molar-refractivity contribution in [1.82, 2.24) is 25.0 Å². The number of aryl methyl sites for hydroxylation is 1. The van der Waals surface area contributed by atoms with Crippen LogP contribution in [-0.4, -0.2) is 81.1 Å². The van der Waals surface area contributed by atoms with Crippen molar-refractivity contribution in [1.29, 1.82) is 0 Å². The van der Waals surface area contributed by atoms with Crippen LogP contribution in [0.5, 0.6) is 0 Å². The Kier molecular flexibility index (Phi) is 6.72. The molecule has 1 aromatic heterocycles. The molecule has 0 aliphatic carbocycles. The number of carbonyl (C=O) groups is 1. The molecule has 8 heteroatoms. The summed E-state index contributed by atoms with van der Waals surface area (Å²) in [6.07, 6.45) is 5.19. The summed E-state index contributed by atoms with van der Waals surface area (Å²) >= 11 is 1.37. The zero-order valence-electron chi connectivity index (χ0n) is 15.0. The summed E-state index contributed by atoms with van der Waals surface area (Å²) in [4.78, 5) is 21.2. The van der Waals surface area contributed by atoms with E-state index in [-0.39, 0.29) is 18.4 Å². The number of nitrogens with one attached hydrogen (secondary N) is 1. The molecular formula is C17H29N5O2S. The van der Waals surface area contributed by atoms with Gasteiger partial charge in [-0.25, -0.2) is 4.98 Å². The molecule has 2 fully saturated rings. The van der Waals surface area contributed by atoms with Crippen molar-refractivity contribution in [3.63, 3.8) is 0 Å². The molecule has 0 spiro atoms. The number of aromatic nitrogens is 3. The highest BCUT2D eigenvalue weighted by atomic mass is 32.2. The predicted molar refractivity (Wildman–Crippen MR) is 97.4 cm³/mol. The lowest BCUT2D eigenvalue weighted by Gasteiger charge is -2.26. The molecule has 7 nitrogen and oxygen atoms in total. The van der Waals surface area contributed by atoms with E-state index in [4.69, 9.17) is 0 Å². The Labute approximate surface area is 153 Å². The SMILES string of the molecule is Cc1nc(SCC(=O)N2C[C@@H](CN3CCCCCC3)[C@@H](CO)C2)n[nH]1. The van der Waals surface area contributed by atoms with Crippen molar-refractivity contribution in [2.75, 3.05) is 45.1 Å². The van der Waals surface area contributed by atoms with Crippen LogP contribution in [0.25, 0.3) is 0 Å². The lowest BCUT2D eigenvalue weighted by molar-refractivity contribution is -0.127. The van der Waals surface area contributed by atoms with E-state index in [1.54, 1.807) is 0 Å². The van der Waals surface area contributed by atoms with Crippen molar-refractivity contribution in [3.05, 3.63) is 5.82 Å². The lowest BCUT2D eigenvalue weighted by Crippen LogP contribution is -2.35. The third-order valence-electron chi connectivity index (χ3n) is 5.26. The molecule has 2 aliphatic heterocycles. The molecule has 1 amide bonds. The third-order valence-corrected chi connectivity index (χ3v) is 6.09. The van der Waals surface area contributed by atoms with E-state index in [2.05, 4.69) is 20.1 Å². The Morgan fingerprint density at radius 2 is 1.96 bits per heavy atom. The van der Waals surface area contributed by atoms with Crippen LogP contribution in [0.1, 0.15) is 31.5 Å². The number of hydrogen-bond acceptors (Lipinski definition) is 6. The van der Waals surface area contributed by atoms with Gasteiger partial charge in [0.2, 0.25) is 11.1 Å². The highest BCUT2D eigenvalue weighted by molar-refractivity contribution is 7.99. The van der Waals surface area contributed by atoms with E-state index in [1.165, 1.54) is 37.4 Å². The standard InChI is InChI=1S/C17H29N5O2S/c1-13-18-17(20-19-13)25-12-16(24)22-9-14(15(10-22)11-23)8-21-6-4-2-3-5-7-21/h14-15,23H,2-12H2,1H3,(H,18,19,20)/t14-,15-/m1/s1. The van der Waals surface area contributed by atoms with Crippen LogP contribution in [0.4, 0.5) is 0 Å². The Morgan fingerprint density at radius 1 is 1.24 bits per heavy atom. The number of thioether (sulfide) groups is 1. The number of rotatable bonds is 6. The van der Waals surface area contributed by atoms with Gasteiger partial charge in [0.05, 0.1) is 5.75 Å². The molecule has 0 unspecified atom stereocenters. The molecule has 1 aromatic rings. The van der Waals surface area contributed by atoms with Crippen LogP contribution in [0, 0.1) is 18.8 Å². The number of likely N-dealkylation sites (tertiary alicyclic amines) is 2. The molecule has 0 radical (unpaired) electrons. The Hall–Kier alpha value is -1.12. The van der Waals surface area contributed by atoms with Gasteiger partial charge in [0, 0.05) is 32.2 Å². The Morgan fingerprint density at radius 3 is 2.60 bits per heavy atom. The Bertz CT molecular complexity index is 559. The number of aliphatic hydroxyl groups is 1. The number of aromatic amines is 1. The van der Waals surface area contributed by atoms with E-state index in [9.17, 15) is 9.90 Å². The molecule has 140 valence electrons. The first-order chi connectivity index (χ1) is 12.2. The van der Waals surface area contributed by atoms with Gasteiger partial charge in [-0.2, -0.15) is 0 Å². The minimum absolute atomic E-state index is 0.115. The highest BCUT2D eigenvalue weighted by Crippen LogP contribution is 2.26. The molecular weight excluding hydrogens is 338 g/mol. The molecule has 2 atom stereocenters. The summed E-state index contributed by atoms with van der Waals surface area (Å²) < 4.78 is 0. The summed E-state index contributed by atoms with van der Waals surface area (Å²) in [5.74, 6) is 1.80. The molecule has 3 heterocycles. The summed E-state index contributed by atoms with van der Waals surface area (Å²) in [6.45, 7) is 6.75. The zero-order valence-corrected chi connectivity index (χ0v) is 15.8. The number of nitrogens with zero attached hydrogens (tertiary/aromatic N) is 4. The highest BCUT2D eigenvalue weighted by Gasteiger charge is 2.35. The van der Waals surface area contributed by atoms with Crippen LogP contribution in [0.3, 0.4) is 0 Å². The molecule has 2 saturated heterocycles. The molecule has 2 aliphatic rings. The first kappa shape index (κ1) is 18.7. The molecule has 2 N–H and O–H groups in total. The van der Waals surface area contributed by atoms with Crippen LogP contribution >= 0.6 is 11.8 Å². The topological polar surface area (TPSA) is 85.3 Å². The quantitative estimate of drug-likeness (QED) is 0.734. The third kappa shape index (κ3) is 5.18. The summed E-state index contributed by atoms with van der Waals surface area (Å²) in [6, 6.07) is 0. The second-order valence-corrected chi connectivity index (χ2v) is 8.15. The maximum absolute atomic E-state index is 12.5. The van der Waals surface area contributed by atoms with E-state index in [1.807, 2.05) is 11.8 Å². The largest absolute Gasteiger partial charge is 0.396 e. The predicted octanol–water partition coefficient (Wildman–Crippen LogP) is 1.15. The normalized spacial score (nSPS) is 25.3. The average molecular weight is 368 g/mol. The maximum Gasteiger partial charge on any atom is 0.233 e. The monoisotopic (exact) mass is 367 g/mol. The van der Waals surface area contributed by atoms with E-state index in [0.29, 0.717) is 23.4 Å². The van der Waals surface area contributed by atoms with Gasteiger partial charge in [-0.05, 0) is 38.8 Å². The van der Waals surface area contributed by atoms with Crippen molar-refractivity contribution in [2.24, 2.45) is 11.8 Å². The summed E-state index contributed by atoms with van der Waals surface area (Å²) in [5, 5.41) is 17.2. The molecule has 25 heavy (non-hydrogen) atoms. The first-order valence-electron chi connectivity index (χ1n) is 9.28. The summed E-state index contributed by atoms with van der Waals surface area (Å²) in [7, 11) is 0. The average Bonchev–Trinajstić information content (AvgIpc) is 3.11. The first-order valence-corrected chi connectivity index (χ1v) is 10.3. The minimum Gasteiger partial charge on any atom is -0.396 e. The van der Waals surface area contributed by atoms with E-state index >= 15 is 0 Å². The molecule has 3 rings (SSSR count). The van der Waals surface area contributed by atoms with E-state index < -0.39 is 0 Å². The van der Waals surface area contributed by atoms with Crippen LogP contribution in [-0.2, 0) is 4.79 Å². The zero-order chi connectivity index (χ0) is 17.6. The van der Waals surface area contributed by atoms with Crippen molar-refractivity contribution in [3.8, 4) is 0 Å². The number of carbonyl (C=O) groups excluding carboxylic acids is 1. The molecule has 0 saturated carbocycles. The number of amides is 1. The van der Waals surface area contributed by atoms with Gasteiger partial charge < -0.3 is 14.9 Å². The molecule has 0 aromatic carbocycles. The number of aliphatic hydroxyl groups excluding tert-OH is 1. The second-order valence-electron chi connectivity index (χ2n) is 7.21. The molecule has 0 bridgehead atoms. The smallest absolute Gasteiger partial charge is 0.233 e. The minimum atomic E-state index is 0.115.